The summed E-state index contributed by atoms with van der Waals surface area (Å²) in [6.45, 7) is 1.44. The highest BCUT2D eigenvalue weighted by molar-refractivity contribution is 7.99. The van der Waals surface area contributed by atoms with Crippen LogP contribution < -0.4 is 5.56 Å². The van der Waals surface area contributed by atoms with Crippen LogP contribution in [0.15, 0.2) is 46.1 Å². The van der Waals surface area contributed by atoms with Gasteiger partial charge in [0, 0.05) is 10.6 Å². The number of carbonyl (C=O) groups is 1. The number of hydrogen-bond donors (Lipinski definition) is 1. The zero-order chi connectivity index (χ0) is 22.5. The van der Waals surface area contributed by atoms with E-state index in [-0.39, 0.29) is 23.3 Å². The van der Waals surface area contributed by atoms with Crippen LogP contribution in [0, 0.1) is 5.82 Å². The van der Waals surface area contributed by atoms with Gasteiger partial charge in [-0.3, -0.25) is 9.36 Å². The van der Waals surface area contributed by atoms with Crippen molar-refractivity contribution < 1.29 is 32.2 Å². The molecule has 3 aromatic rings. The molecule has 1 aromatic heterocycles. The minimum atomic E-state index is -4.52. The van der Waals surface area contributed by atoms with Gasteiger partial charge in [0.25, 0.3) is 5.56 Å². The molecule has 0 bridgehead atoms. The van der Waals surface area contributed by atoms with Gasteiger partial charge in [-0.05, 0) is 36.8 Å². The van der Waals surface area contributed by atoms with Crippen molar-refractivity contribution in [2.45, 2.75) is 24.0 Å². The predicted octanol–water partition coefficient (Wildman–Crippen LogP) is 4.74. The summed E-state index contributed by atoms with van der Waals surface area (Å²) in [5.74, 6) is -2.51. The Hall–Kier alpha value is -3.01. The second-order valence-electron chi connectivity index (χ2n) is 6.83. The number of esters is 1. The quantitative estimate of drug-likeness (QED) is 0.459. The monoisotopic (exact) mass is 453 g/mol. The Morgan fingerprint density at radius 1 is 1.23 bits per heavy atom. The molecule has 1 atom stereocenters. The largest absolute Gasteiger partial charge is 0.506 e. The Balaban J connectivity index is 2.00. The van der Waals surface area contributed by atoms with E-state index in [9.17, 15) is 32.3 Å². The van der Waals surface area contributed by atoms with Gasteiger partial charge in [0.05, 0.1) is 29.1 Å². The lowest BCUT2D eigenvalue weighted by atomic mass is 10.0. The minimum Gasteiger partial charge on any atom is -0.506 e. The zero-order valence-electron chi connectivity index (χ0n) is 16.0. The van der Waals surface area contributed by atoms with Crippen LogP contribution in [0.4, 0.5) is 17.6 Å². The molecule has 0 fully saturated rings. The standard InChI is InChI=1S/C21H15F4NO4S/c1-2-30-20(29)16-18(27)15-12(22)7-8-14-17(15)26(19(16)28)13(9-31-14)10-3-5-11(6-4-10)21(23,24)25/h3-8,13,27H,2,9H2,1H3. The smallest absolute Gasteiger partial charge is 0.416 e. The first-order chi connectivity index (χ1) is 14.6. The molecule has 162 valence electrons. The molecule has 2 aromatic carbocycles. The average molecular weight is 453 g/mol. The second kappa shape index (κ2) is 7.60. The molecule has 0 amide bonds. The molecule has 1 aliphatic heterocycles. The van der Waals surface area contributed by atoms with Gasteiger partial charge in [-0.1, -0.05) is 12.1 Å². The normalized spacial score (nSPS) is 15.8. The SMILES string of the molecule is CCOC(=O)c1c(O)c2c(F)ccc3c2n(c1=O)C(c1ccc(C(F)(F)F)cc1)CS3. The van der Waals surface area contributed by atoms with Crippen LogP contribution in [0.25, 0.3) is 10.9 Å². The van der Waals surface area contributed by atoms with Crippen molar-refractivity contribution >= 4 is 28.6 Å². The van der Waals surface area contributed by atoms with E-state index in [1.807, 2.05) is 0 Å². The highest BCUT2D eigenvalue weighted by atomic mass is 32.2. The highest BCUT2D eigenvalue weighted by Gasteiger charge is 2.34. The molecular formula is C21H15F4NO4S. The maximum absolute atomic E-state index is 14.7. The summed E-state index contributed by atoms with van der Waals surface area (Å²) in [7, 11) is 0. The van der Waals surface area contributed by atoms with Crippen molar-refractivity contribution in [3.8, 4) is 5.75 Å². The number of aromatic nitrogens is 1. The van der Waals surface area contributed by atoms with E-state index in [2.05, 4.69) is 0 Å². The number of thioether (sulfide) groups is 1. The van der Waals surface area contributed by atoms with Gasteiger partial charge in [-0.15, -0.1) is 11.8 Å². The first-order valence-corrected chi connectivity index (χ1v) is 10.2. The van der Waals surface area contributed by atoms with E-state index < -0.39 is 46.4 Å². The summed E-state index contributed by atoms with van der Waals surface area (Å²) in [5.41, 5.74) is -2.01. The third-order valence-electron chi connectivity index (χ3n) is 5.05. The maximum Gasteiger partial charge on any atom is 0.416 e. The average Bonchev–Trinajstić information content (AvgIpc) is 2.72. The van der Waals surface area contributed by atoms with Crippen molar-refractivity contribution in [1.29, 1.82) is 0 Å². The number of benzene rings is 2. The first kappa shape index (κ1) is 21.2. The fraction of sp³-hybridized carbons (Fsp3) is 0.238. The van der Waals surface area contributed by atoms with Gasteiger partial charge in [0.15, 0.2) is 5.56 Å². The van der Waals surface area contributed by atoms with Crippen molar-refractivity contribution in [2.75, 3.05) is 12.4 Å². The zero-order valence-corrected chi connectivity index (χ0v) is 16.8. The minimum absolute atomic E-state index is 0.0730. The van der Waals surface area contributed by atoms with Crippen molar-refractivity contribution in [3.05, 3.63) is 69.3 Å². The maximum atomic E-state index is 14.7. The third-order valence-corrected chi connectivity index (χ3v) is 6.17. The molecule has 5 nitrogen and oxygen atoms in total. The summed E-state index contributed by atoms with van der Waals surface area (Å²) < 4.78 is 59.5. The summed E-state index contributed by atoms with van der Waals surface area (Å²) in [6, 6.07) is 6.06. The summed E-state index contributed by atoms with van der Waals surface area (Å²) in [6.07, 6.45) is -4.52. The molecule has 2 heterocycles. The van der Waals surface area contributed by atoms with E-state index in [0.717, 1.165) is 22.8 Å². The Kier molecular flexibility index (Phi) is 5.20. The summed E-state index contributed by atoms with van der Waals surface area (Å²) in [4.78, 5) is 26.1. The Bertz CT molecular complexity index is 1250. The van der Waals surface area contributed by atoms with Crippen LogP contribution in [-0.4, -0.2) is 28.0 Å². The number of ether oxygens (including phenoxy) is 1. The van der Waals surface area contributed by atoms with Gasteiger partial charge in [0.1, 0.15) is 11.6 Å². The van der Waals surface area contributed by atoms with Gasteiger partial charge >= 0.3 is 12.1 Å². The van der Waals surface area contributed by atoms with Crippen LogP contribution >= 0.6 is 11.8 Å². The third kappa shape index (κ3) is 3.44. The number of pyridine rings is 1. The van der Waals surface area contributed by atoms with Crippen LogP contribution in [0.1, 0.15) is 34.5 Å². The summed E-state index contributed by atoms with van der Waals surface area (Å²) in [5, 5.41) is 10.3. The number of halogens is 4. The fourth-order valence-corrected chi connectivity index (χ4v) is 4.82. The van der Waals surface area contributed by atoms with E-state index in [4.69, 9.17) is 4.74 Å². The van der Waals surface area contributed by atoms with Crippen molar-refractivity contribution in [3.63, 3.8) is 0 Å². The van der Waals surface area contributed by atoms with Gasteiger partial charge in [0.2, 0.25) is 0 Å². The number of alkyl halides is 3. The number of aromatic hydroxyl groups is 1. The van der Waals surface area contributed by atoms with Gasteiger partial charge in [-0.25, -0.2) is 9.18 Å². The highest BCUT2D eigenvalue weighted by Crippen LogP contribution is 2.43. The lowest BCUT2D eigenvalue weighted by molar-refractivity contribution is -0.137. The van der Waals surface area contributed by atoms with E-state index in [1.54, 1.807) is 0 Å². The molecule has 1 N–H and O–H groups in total. The molecule has 31 heavy (non-hydrogen) atoms. The van der Waals surface area contributed by atoms with Gasteiger partial charge < -0.3 is 9.84 Å². The Morgan fingerprint density at radius 2 is 1.90 bits per heavy atom. The van der Waals surface area contributed by atoms with Crippen LogP contribution in [0.2, 0.25) is 0 Å². The molecule has 0 saturated carbocycles. The Labute approximate surface area is 177 Å². The van der Waals surface area contributed by atoms with E-state index >= 15 is 0 Å². The molecule has 4 rings (SSSR count). The van der Waals surface area contributed by atoms with Crippen LogP contribution in [0.5, 0.6) is 5.75 Å². The number of rotatable bonds is 3. The predicted molar refractivity (Wildman–Crippen MR) is 106 cm³/mol. The van der Waals surface area contributed by atoms with Crippen LogP contribution in [0.3, 0.4) is 0 Å². The number of hydrogen-bond acceptors (Lipinski definition) is 5. The number of nitrogens with zero attached hydrogens (tertiary/aromatic N) is 1. The second-order valence-corrected chi connectivity index (χ2v) is 7.90. The number of carbonyl (C=O) groups excluding carboxylic acids is 1. The topological polar surface area (TPSA) is 68.5 Å². The molecule has 0 spiro atoms. The van der Waals surface area contributed by atoms with Gasteiger partial charge in [-0.2, -0.15) is 13.2 Å². The molecule has 0 saturated heterocycles. The van der Waals surface area contributed by atoms with Crippen molar-refractivity contribution in [2.24, 2.45) is 0 Å². The van der Waals surface area contributed by atoms with Crippen molar-refractivity contribution in [1.82, 2.24) is 4.57 Å². The fourth-order valence-electron chi connectivity index (χ4n) is 3.64. The molecule has 0 radical (unpaired) electrons. The molecule has 1 unspecified atom stereocenters. The van der Waals surface area contributed by atoms with Crippen LogP contribution in [-0.2, 0) is 10.9 Å². The first-order valence-electron chi connectivity index (χ1n) is 9.21. The molecular weight excluding hydrogens is 438 g/mol. The molecule has 10 heteroatoms. The van der Waals surface area contributed by atoms with E-state index in [1.165, 1.54) is 36.9 Å². The van der Waals surface area contributed by atoms with E-state index in [0.29, 0.717) is 10.5 Å². The molecule has 1 aliphatic rings. The Morgan fingerprint density at radius 3 is 2.52 bits per heavy atom. The lowest BCUT2D eigenvalue weighted by Crippen LogP contribution is -2.34. The molecule has 0 aliphatic carbocycles. The lowest BCUT2D eigenvalue weighted by Gasteiger charge is -2.29. The summed E-state index contributed by atoms with van der Waals surface area (Å²) >= 11 is 1.27.